The highest BCUT2D eigenvalue weighted by atomic mass is 32.2. The number of hydrogen-bond donors (Lipinski definition) is 0. The van der Waals surface area contributed by atoms with Crippen LogP contribution < -0.4 is 5.56 Å². The number of thioether (sulfide) groups is 1. The number of ether oxygens (including phenoxy) is 1. The fraction of sp³-hybridized carbons (Fsp3) is 0.235. The molecular weight excluding hydrogens is 369 g/mol. The molecule has 0 fully saturated rings. The van der Waals surface area contributed by atoms with Gasteiger partial charge >= 0.3 is 12.1 Å². The van der Waals surface area contributed by atoms with E-state index in [1.807, 2.05) is 0 Å². The fourth-order valence-electron chi connectivity index (χ4n) is 1.99. The monoisotopic (exact) mass is 382 g/mol. The van der Waals surface area contributed by atoms with Gasteiger partial charge < -0.3 is 4.74 Å². The molecule has 1 heterocycles. The lowest BCUT2D eigenvalue weighted by atomic mass is 10.2. The van der Waals surface area contributed by atoms with E-state index in [0.29, 0.717) is 5.75 Å². The largest absolute Gasteiger partial charge is 0.465 e. The molecule has 9 heteroatoms. The van der Waals surface area contributed by atoms with Gasteiger partial charge in [-0.15, -0.1) is 5.92 Å². The first-order valence-corrected chi connectivity index (χ1v) is 8.18. The molecule has 0 saturated heterocycles. The molecule has 0 radical (unpaired) electrons. The molecule has 1 aromatic carbocycles. The zero-order chi connectivity index (χ0) is 19.3. The van der Waals surface area contributed by atoms with Crippen molar-refractivity contribution >= 4 is 17.7 Å². The van der Waals surface area contributed by atoms with E-state index in [1.54, 1.807) is 6.92 Å². The zero-order valence-corrected chi connectivity index (χ0v) is 14.6. The van der Waals surface area contributed by atoms with E-state index in [2.05, 4.69) is 21.6 Å². The Labute approximate surface area is 151 Å². The highest BCUT2D eigenvalue weighted by molar-refractivity contribution is 7.99. The molecule has 0 aliphatic heterocycles. The number of rotatable bonds is 4. The van der Waals surface area contributed by atoms with Gasteiger partial charge in [0.2, 0.25) is 0 Å². The summed E-state index contributed by atoms with van der Waals surface area (Å²) in [5.74, 6) is 4.92. The Morgan fingerprint density at radius 1 is 1.31 bits per heavy atom. The molecule has 0 amide bonds. The number of hydrogen-bond acceptors (Lipinski definition) is 5. The average molecular weight is 382 g/mol. The third kappa shape index (κ3) is 4.26. The summed E-state index contributed by atoms with van der Waals surface area (Å²) >= 11 is 1.12. The lowest BCUT2D eigenvalue weighted by Crippen LogP contribution is -2.28. The van der Waals surface area contributed by atoms with Gasteiger partial charge in [-0.3, -0.25) is 9.36 Å². The summed E-state index contributed by atoms with van der Waals surface area (Å²) in [6.07, 6.45) is -3.42. The molecule has 1 aromatic heterocycles. The van der Waals surface area contributed by atoms with Gasteiger partial charge in [-0.25, -0.2) is 9.78 Å². The minimum atomic E-state index is -4.50. The fourth-order valence-corrected chi connectivity index (χ4v) is 2.78. The zero-order valence-electron chi connectivity index (χ0n) is 13.8. The Morgan fingerprint density at radius 2 is 1.96 bits per heavy atom. The van der Waals surface area contributed by atoms with Crippen molar-refractivity contribution in [2.24, 2.45) is 0 Å². The number of aromatic nitrogens is 2. The van der Waals surface area contributed by atoms with Gasteiger partial charge in [0.1, 0.15) is 5.56 Å². The van der Waals surface area contributed by atoms with Crippen LogP contribution in [0.1, 0.15) is 22.8 Å². The Morgan fingerprint density at radius 3 is 2.50 bits per heavy atom. The number of carbonyl (C=O) groups is 1. The molecule has 5 nitrogen and oxygen atoms in total. The van der Waals surface area contributed by atoms with Crippen molar-refractivity contribution in [3.8, 4) is 17.5 Å². The molecule has 0 aliphatic rings. The molecule has 0 saturated carbocycles. The lowest BCUT2D eigenvalue weighted by molar-refractivity contribution is -0.137. The summed E-state index contributed by atoms with van der Waals surface area (Å²) in [6.45, 7) is 1.65. The molecule has 0 spiro atoms. The summed E-state index contributed by atoms with van der Waals surface area (Å²) in [5.41, 5.74) is -1.76. The van der Waals surface area contributed by atoms with E-state index in [0.717, 1.165) is 53.9 Å². The van der Waals surface area contributed by atoms with Crippen LogP contribution in [-0.2, 0) is 10.9 Å². The maximum Gasteiger partial charge on any atom is 0.416 e. The number of carbonyl (C=O) groups excluding carboxylic acids is 1. The number of alkyl halides is 3. The van der Waals surface area contributed by atoms with Gasteiger partial charge in [-0.05, 0) is 31.2 Å². The number of nitrogens with zero attached hydrogens (tertiary/aromatic N) is 2. The summed E-state index contributed by atoms with van der Waals surface area (Å²) in [4.78, 5) is 28.4. The van der Waals surface area contributed by atoms with E-state index >= 15 is 0 Å². The SMILES string of the molecule is CC#CCSc1ncc(C(=O)OC)c(=O)n1-c1ccc(C(F)(F)F)cc1. The molecule has 0 atom stereocenters. The second-order valence-electron chi connectivity index (χ2n) is 4.85. The van der Waals surface area contributed by atoms with Crippen LogP contribution in [0.4, 0.5) is 13.2 Å². The van der Waals surface area contributed by atoms with E-state index in [-0.39, 0.29) is 16.4 Å². The van der Waals surface area contributed by atoms with Crippen molar-refractivity contribution in [1.29, 1.82) is 0 Å². The van der Waals surface area contributed by atoms with Crippen molar-refractivity contribution in [2.75, 3.05) is 12.9 Å². The minimum Gasteiger partial charge on any atom is -0.465 e. The van der Waals surface area contributed by atoms with Crippen LogP contribution >= 0.6 is 11.8 Å². The average Bonchev–Trinajstić information content (AvgIpc) is 2.61. The normalized spacial score (nSPS) is 10.8. The van der Waals surface area contributed by atoms with Gasteiger partial charge in [-0.1, -0.05) is 17.7 Å². The quantitative estimate of drug-likeness (QED) is 0.352. The summed E-state index contributed by atoms with van der Waals surface area (Å²) in [7, 11) is 1.11. The second kappa shape index (κ2) is 8.10. The first-order chi connectivity index (χ1) is 12.3. The molecule has 0 aliphatic carbocycles. The van der Waals surface area contributed by atoms with Gasteiger partial charge in [0.15, 0.2) is 5.16 Å². The maximum absolute atomic E-state index is 12.7. The number of esters is 1. The molecular formula is C17H13F3N2O3S. The van der Waals surface area contributed by atoms with Crippen molar-refractivity contribution in [3.63, 3.8) is 0 Å². The van der Waals surface area contributed by atoms with Crippen molar-refractivity contribution in [1.82, 2.24) is 9.55 Å². The molecule has 0 bridgehead atoms. The molecule has 0 N–H and O–H groups in total. The summed E-state index contributed by atoms with van der Waals surface area (Å²) in [6, 6.07) is 3.99. The summed E-state index contributed by atoms with van der Waals surface area (Å²) in [5, 5.41) is 0.199. The van der Waals surface area contributed by atoms with E-state index in [4.69, 9.17) is 0 Å². The highest BCUT2D eigenvalue weighted by Gasteiger charge is 2.30. The lowest BCUT2D eigenvalue weighted by Gasteiger charge is -2.13. The van der Waals surface area contributed by atoms with Crippen LogP contribution in [0.2, 0.25) is 0 Å². The van der Waals surface area contributed by atoms with Crippen LogP contribution in [-0.4, -0.2) is 28.4 Å². The second-order valence-corrected chi connectivity index (χ2v) is 5.79. The first kappa shape index (κ1) is 19.6. The van der Waals surface area contributed by atoms with Crippen LogP contribution in [0.5, 0.6) is 0 Å². The smallest absolute Gasteiger partial charge is 0.416 e. The van der Waals surface area contributed by atoms with Gasteiger partial charge in [0.25, 0.3) is 5.56 Å². The van der Waals surface area contributed by atoms with Gasteiger partial charge in [-0.2, -0.15) is 13.2 Å². The van der Waals surface area contributed by atoms with Gasteiger partial charge in [0, 0.05) is 0 Å². The molecule has 2 rings (SSSR count). The Balaban J connectivity index is 2.59. The predicted molar refractivity (Wildman–Crippen MR) is 90.3 cm³/mol. The molecule has 26 heavy (non-hydrogen) atoms. The summed E-state index contributed by atoms with van der Waals surface area (Å²) < 4.78 is 43.8. The van der Waals surface area contributed by atoms with Crippen molar-refractivity contribution in [2.45, 2.75) is 18.3 Å². The van der Waals surface area contributed by atoms with E-state index in [1.165, 1.54) is 0 Å². The number of halogens is 3. The van der Waals surface area contributed by atoms with Crippen LogP contribution in [0.3, 0.4) is 0 Å². The van der Waals surface area contributed by atoms with Crippen molar-refractivity contribution in [3.05, 3.63) is 51.9 Å². The molecule has 0 unspecified atom stereocenters. The Hall–Kier alpha value is -2.73. The van der Waals surface area contributed by atoms with E-state index in [9.17, 15) is 22.8 Å². The minimum absolute atomic E-state index is 0.146. The number of methoxy groups -OCH3 is 1. The van der Waals surface area contributed by atoms with Crippen molar-refractivity contribution < 1.29 is 22.7 Å². The predicted octanol–water partition coefficient (Wildman–Crippen LogP) is 3.15. The topological polar surface area (TPSA) is 61.2 Å². The Kier molecular flexibility index (Phi) is 6.10. The standard InChI is InChI=1S/C17H13F3N2O3S/c1-3-4-9-26-16-21-10-13(15(24)25-2)14(23)22(16)12-7-5-11(6-8-12)17(18,19)20/h5-8,10H,9H2,1-2H3. The molecule has 136 valence electrons. The Bertz CT molecular complexity index is 925. The number of benzene rings is 1. The maximum atomic E-state index is 12.7. The van der Waals surface area contributed by atoms with Crippen LogP contribution in [0.15, 0.2) is 40.4 Å². The third-order valence-electron chi connectivity index (χ3n) is 3.24. The first-order valence-electron chi connectivity index (χ1n) is 7.20. The van der Waals surface area contributed by atoms with Crippen LogP contribution in [0, 0.1) is 11.8 Å². The van der Waals surface area contributed by atoms with Crippen LogP contribution in [0.25, 0.3) is 5.69 Å². The van der Waals surface area contributed by atoms with E-state index < -0.39 is 23.3 Å². The highest BCUT2D eigenvalue weighted by Crippen LogP contribution is 2.30. The molecule has 2 aromatic rings. The third-order valence-corrected chi connectivity index (χ3v) is 4.07. The van der Waals surface area contributed by atoms with Gasteiger partial charge in [0.05, 0.1) is 30.3 Å².